The molecule has 1 aromatic heterocycles. The fourth-order valence-corrected chi connectivity index (χ4v) is 5.13. The third-order valence-corrected chi connectivity index (χ3v) is 7.05. The lowest BCUT2D eigenvalue weighted by atomic mass is 9.91. The predicted molar refractivity (Wildman–Crippen MR) is 115 cm³/mol. The lowest BCUT2D eigenvalue weighted by molar-refractivity contribution is -0.137. The van der Waals surface area contributed by atoms with Crippen molar-refractivity contribution >= 4 is 11.7 Å². The van der Waals surface area contributed by atoms with Crippen molar-refractivity contribution < 1.29 is 22.7 Å². The highest BCUT2D eigenvalue weighted by molar-refractivity contribution is 5.80. The quantitative estimate of drug-likeness (QED) is 0.684. The normalized spacial score (nSPS) is 24.0. The largest absolute Gasteiger partial charge is 0.419 e. The molecule has 1 amide bonds. The van der Waals surface area contributed by atoms with Crippen LogP contribution < -0.4 is 4.90 Å². The van der Waals surface area contributed by atoms with Crippen LogP contribution >= 0.6 is 0 Å². The topological polar surface area (TPSA) is 48.9 Å². The van der Waals surface area contributed by atoms with Crippen molar-refractivity contribution in [3.05, 3.63) is 23.9 Å². The summed E-state index contributed by atoms with van der Waals surface area (Å²) in [7, 11) is 0. The van der Waals surface area contributed by atoms with E-state index in [9.17, 15) is 18.0 Å². The van der Waals surface area contributed by atoms with Gasteiger partial charge in [0.2, 0.25) is 5.91 Å². The minimum absolute atomic E-state index is 0.0562. The van der Waals surface area contributed by atoms with E-state index in [1.807, 2.05) is 4.90 Å². The summed E-state index contributed by atoms with van der Waals surface area (Å²) in [5.74, 6) is 0.398. The van der Waals surface area contributed by atoms with E-state index in [2.05, 4.69) is 9.88 Å². The summed E-state index contributed by atoms with van der Waals surface area (Å²) >= 11 is 0. The van der Waals surface area contributed by atoms with Gasteiger partial charge in [-0.3, -0.25) is 9.69 Å². The highest BCUT2D eigenvalue weighted by Crippen LogP contribution is 2.36. The van der Waals surface area contributed by atoms with Crippen molar-refractivity contribution in [1.82, 2.24) is 14.8 Å². The molecule has 1 aromatic rings. The molecule has 32 heavy (non-hydrogen) atoms. The van der Waals surface area contributed by atoms with Gasteiger partial charge in [0.15, 0.2) is 0 Å². The zero-order valence-corrected chi connectivity index (χ0v) is 18.5. The van der Waals surface area contributed by atoms with E-state index in [4.69, 9.17) is 4.74 Å². The number of alkyl halides is 3. The number of aromatic nitrogens is 1. The molecule has 3 aliphatic rings. The van der Waals surface area contributed by atoms with Crippen LogP contribution in [0.1, 0.15) is 37.7 Å². The van der Waals surface area contributed by atoms with Gasteiger partial charge in [0.05, 0.1) is 24.7 Å². The van der Waals surface area contributed by atoms with Gasteiger partial charge in [-0.2, -0.15) is 13.2 Å². The Morgan fingerprint density at radius 3 is 2.56 bits per heavy atom. The van der Waals surface area contributed by atoms with Gasteiger partial charge in [-0.15, -0.1) is 0 Å². The van der Waals surface area contributed by atoms with Crippen molar-refractivity contribution in [2.75, 3.05) is 63.9 Å². The maximum absolute atomic E-state index is 13.4. The van der Waals surface area contributed by atoms with Crippen LogP contribution in [0.15, 0.2) is 18.3 Å². The van der Waals surface area contributed by atoms with Crippen molar-refractivity contribution in [3.8, 4) is 0 Å². The molecule has 0 aromatic carbocycles. The molecule has 3 fully saturated rings. The minimum Gasteiger partial charge on any atom is -0.379 e. The van der Waals surface area contributed by atoms with Gasteiger partial charge >= 0.3 is 6.18 Å². The summed E-state index contributed by atoms with van der Waals surface area (Å²) in [6, 6.07) is 2.37. The molecule has 0 radical (unpaired) electrons. The molecule has 0 spiro atoms. The number of piperidine rings is 2. The standard InChI is InChI=1S/C23H33F3N4O2/c24-23(25,26)20-4-1-8-27-21(20)30-9-2-3-19(17-30)22(31)29-11-6-18(7-12-29)5-10-28-13-15-32-16-14-28/h1,4,8,18-19H,2-3,5-7,9-17H2/t19-/m1/s1. The average Bonchev–Trinajstić information content (AvgIpc) is 2.83. The highest BCUT2D eigenvalue weighted by atomic mass is 19.4. The Bertz CT molecular complexity index is 762. The second-order valence-electron chi connectivity index (χ2n) is 9.17. The van der Waals surface area contributed by atoms with Gasteiger partial charge < -0.3 is 14.5 Å². The first-order valence-electron chi connectivity index (χ1n) is 11.8. The van der Waals surface area contributed by atoms with Crippen LogP contribution in [0.25, 0.3) is 0 Å². The van der Waals surface area contributed by atoms with Gasteiger partial charge in [-0.05, 0) is 56.7 Å². The van der Waals surface area contributed by atoms with E-state index in [1.165, 1.54) is 12.3 Å². The average molecular weight is 455 g/mol. The number of carbonyl (C=O) groups excluding carboxylic acids is 1. The second kappa shape index (κ2) is 10.4. The molecule has 1 atom stereocenters. The number of hydrogen-bond acceptors (Lipinski definition) is 5. The summed E-state index contributed by atoms with van der Waals surface area (Å²) in [5.41, 5.74) is -0.728. The lowest BCUT2D eigenvalue weighted by Crippen LogP contribution is -2.48. The van der Waals surface area contributed by atoms with Crippen LogP contribution in [0.5, 0.6) is 0 Å². The first-order chi connectivity index (χ1) is 15.4. The highest BCUT2D eigenvalue weighted by Gasteiger charge is 2.38. The molecule has 0 saturated carbocycles. The van der Waals surface area contributed by atoms with Crippen LogP contribution in [-0.2, 0) is 15.7 Å². The number of ether oxygens (including phenoxy) is 1. The predicted octanol–water partition coefficient (Wildman–Crippen LogP) is 3.28. The molecular formula is C23H33F3N4O2. The number of likely N-dealkylation sites (tertiary alicyclic amines) is 1. The number of anilines is 1. The van der Waals surface area contributed by atoms with E-state index in [1.54, 1.807) is 4.90 Å². The number of morpholine rings is 1. The smallest absolute Gasteiger partial charge is 0.379 e. The van der Waals surface area contributed by atoms with E-state index >= 15 is 0 Å². The van der Waals surface area contributed by atoms with Crippen molar-refractivity contribution in [2.24, 2.45) is 11.8 Å². The Labute approximate surface area is 187 Å². The van der Waals surface area contributed by atoms with Crippen LogP contribution in [0.3, 0.4) is 0 Å². The molecule has 0 N–H and O–H groups in total. The SMILES string of the molecule is O=C([C@@H]1CCCN(c2ncccc2C(F)(F)F)C1)N1CCC(CCN2CCOCC2)CC1. The summed E-state index contributed by atoms with van der Waals surface area (Å²) in [5, 5.41) is 0. The van der Waals surface area contributed by atoms with Crippen LogP contribution in [0.4, 0.5) is 19.0 Å². The maximum atomic E-state index is 13.4. The van der Waals surface area contributed by atoms with E-state index in [0.717, 1.165) is 77.7 Å². The van der Waals surface area contributed by atoms with E-state index in [-0.39, 0.29) is 17.6 Å². The third-order valence-electron chi connectivity index (χ3n) is 7.05. The first kappa shape index (κ1) is 23.3. The molecule has 4 heterocycles. The number of hydrogen-bond donors (Lipinski definition) is 0. The fraction of sp³-hybridized carbons (Fsp3) is 0.739. The Balaban J connectivity index is 1.29. The molecule has 3 aliphatic heterocycles. The van der Waals surface area contributed by atoms with Crippen molar-refractivity contribution in [1.29, 1.82) is 0 Å². The van der Waals surface area contributed by atoms with Crippen LogP contribution in [-0.4, -0.2) is 79.7 Å². The van der Waals surface area contributed by atoms with Crippen LogP contribution in [0.2, 0.25) is 0 Å². The number of halogens is 3. The van der Waals surface area contributed by atoms with Gasteiger partial charge in [0.1, 0.15) is 5.82 Å². The first-order valence-corrected chi connectivity index (χ1v) is 11.8. The molecule has 0 aliphatic carbocycles. The molecule has 178 valence electrons. The monoisotopic (exact) mass is 454 g/mol. The molecular weight excluding hydrogens is 421 g/mol. The number of amides is 1. The third kappa shape index (κ3) is 5.73. The summed E-state index contributed by atoms with van der Waals surface area (Å²) < 4.78 is 45.7. The lowest BCUT2D eigenvalue weighted by Gasteiger charge is -2.39. The number of nitrogens with zero attached hydrogens (tertiary/aromatic N) is 4. The van der Waals surface area contributed by atoms with Crippen molar-refractivity contribution in [3.63, 3.8) is 0 Å². The van der Waals surface area contributed by atoms with E-state index in [0.29, 0.717) is 25.4 Å². The Hall–Kier alpha value is -1.87. The minimum atomic E-state index is -4.45. The molecule has 6 nitrogen and oxygen atoms in total. The van der Waals surface area contributed by atoms with Gasteiger partial charge in [0.25, 0.3) is 0 Å². The van der Waals surface area contributed by atoms with Crippen LogP contribution in [0, 0.1) is 11.8 Å². The fourth-order valence-electron chi connectivity index (χ4n) is 5.13. The molecule has 9 heteroatoms. The Morgan fingerprint density at radius 2 is 1.84 bits per heavy atom. The molecule has 0 unspecified atom stereocenters. The Kier molecular flexibility index (Phi) is 7.55. The molecule has 0 bridgehead atoms. The second-order valence-corrected chi connectivity index (χ2v) is 9.17. The molecule has 4 rings (SSSR count). The maximum Gasteiger partial charge on any atom is 0.419 e. The Morgan fingerprint density at radius 1 is 1.09 bits per heavy atom. The van der Waals surface area contributed by atoms with Gasteiger partial charge in [-0.25, -0.2) is 4.98 Å². The van der Waals surface area contributed by atoms with E-state index < -0.39 is 11.7 Å². The molecule has 3 saturated heterocycles. The zero-order valence-electron chi connectivity index (χ0n) is 18.5. The summed E-state index contributed by atoms with van der Waals surface area (Å²) in [4.78, 5) is 23.2. The number of carbonyl (C=O) groups is 1. The van der Waals surface area contributed by atoms with Gasteiger partial charge in [-0.1, -0.05) is 0 Å². The van der Waals surface area contributed by atoms with Gasteiger partial charge in [0, 0.05) is 45.5 Å². The number of pyridine rings is 1. The van der Waals surface area contributed by atoms with Crippen molar-refractivity contribution in [2.45, 2.75) is 38.3 Å². The summed E-state index contributed by atoms with van der Waals surface area (Å²) in [6.07, 6.45) is 1.51. The number of rotatable bonds is 5. The zero-order chi connectivity index (χ0) is 22.6. The summed E-state index contributed by atoms with van der Waals surface area (Å²) in [6.45, 7) is 7.02.